The molecule has 0 aliphatic carbocycles. The maximum absolute atomic E-state index is 12.7. The van der Waals surface area contributed by atoms with Gasteiger partial charge in [0.25, 0.3) is 0 Å². The summed E-state index contributed by atoms with van der Waals surface area (Å²) in [5, 5.41) is 0. The number of hydrogen-bond acceptors (Lipinski definition) is 2. The lowest BCUT2D eigenvalue weighted by Crippen LogP contribution is -2.45. The lowest BCUT2D eigenvalue weighted by atomic mass is 9.96. The molecule has 2 aromatic rings. The van der Waals surface area contributed by atoms with E-state index in [0.29, 0.717) is 11.3 Å². The summed E-state index contributed by atoms with van der Waals surface area (Å²) in [6.45, 7) is 7.52. The minimum atomic E-state index is -3.54. The highest BCUT2D eigenvalue weighted by Crippen LogP contribution is 2.21. The second kappa shape index (κ2) is 6.23. The van der Waals surface area contributed by atoms with Crippen molar-refractivity contribution >= 4 is 10.0 Å². The van der Waals surface area contributed by atoms with Gasteiger partial charge in [0.1, 0.15) is 0 Å². The molecular weight excluding hydrogens is 294 g/mol. The summed E-state index contributed by atoms with van der Waals surface area (Å²) in [4.78, 5) is 0.355. The normalized spacial score (nSPS) is 12.4. The van der Waals surface area contributed by atoms with Crippen molar-refractivity contribution in [2.75, 3.05) is 0 Å². The van der Waals surface area contributed by atoms with Crippen LogP contribution in [0.2, 0.25) is 0 Å². The van der Waals surface area contributed by atoms with E-state index in [0.717, 1.165) is 16.7 Å². The second-order valence-electron chi connectivity index (χ2n) is 6.42. The Kier molecular flexibility index (Phi) is 4.73. The molecule has 0 saturated carbocycles. The third-order valence-electron chi connectivity index (χ3n) is 3.53. The van der Waals surface area contributed by atoms with Gasteiger partial charge in [-0.25, -0.2) is 13.1 Å². The van der Waals surface area contributed by atoms with E-state index in [2.05, 4.69) is 4.72 Å². The zero-order chi connectivity index (χ0) is 16.4. The molecule has 0 amide bonds. The topological polar surface area (TPSA) is 46.2 Å². The number of hydrogen-bond donors (Lipinski definition) is 1. The zero-order valence-corrected chi connectivity index (χ0v) is 14.4. The molecule has 2 aromatic carbocycles. The molecule has 3 nitrogen and oxygen atoms in total. The smallest absolute Gasteiger partial charge is 0.207 e. The summed E-state index contributed by atoms with van der Waals surface area (Å²) in [6.07, 6.45) is 0.637. The molecule has 0 fully saturated rings. The number of sulfonamides is 1. The molecule has 0 radical (unpaired) electrons. The summed E-state index contributed by atoms with van der Waals surface area (Å²) in [6, 6.07) is 15.4. The Morgan fingerprint density at radius 2 is 1.64 bits per heavy atom. The molecule has 0 aliphatic heterocycles. The molecule has 118 valence electrons. The van der Waals surface area contributed by atoms with Gasteiger partial charge >= 0.3 is 0 Å². The Morgan fingerprint density at radius 1 is 1.00 bits per heavy atom. The Morgan fingerprint density at radius 3 is 2.27 bits per heavy atom. The summed E-state index contributed by atoms with van der Waals surface area (Å²) < 4.78 is 28.2. The van der Waals surface area contributed by atoms with Crippen LogP contribution < -0.4 is 4.72 Å². The van der Waals surface area contributed by atoms with E-state index in [1.54, 1.807) is 6.07 Å². The van der Waals surface area contributed by atoms with Crippen molar-refractivity contribution < 1.29 is 8.42 Å². The minimum absolute atomic E-state index is 0.355. The molecule has 0 saturated heterocycles. The third-order valence-corrected chi connectivity index (χ3v) is 5.37. The number of aryl methyl sites for hydroxylation is 2. The van der Waals surface area contributed by atoms with Crippen molar-refractivity contribution in [1.82, 2.24) is 4.72 Å². The Labute approximate surface area is 133 Å². The van der Waals surface area contributed by atoms with Gasteiger partial charge in [0.15, 0.2) is 0 Å². The van der Waals surface area contributed by atoms with Crippen LogP contribution in [0.4, 0.5) is 0 Å². The lowest BCUT2D eigenvalue weighted by molar-refractivity contribution is 0.450. The number of nitrogens with one attached hydrogen (secondary N) is 1. The average molecular weight is 317 g/mol. The van der Waals surface area contributed by atoms with Gasteiger partial charge in [0, 0.05) is 5.54 Å². The summed E-state index contributed by atoms with van der Waals surface area (Å²) >= 11 is 0. The van der Waals surface area contributed by atoms with Gasteiger partial charge < -0.3 is 0 Å². The van der Waals surface area contributed by atoms with Gasteiger partial charge in [0.05, 0.1) is 4.90 Å². The lowest BCUT2D eigenvalue weighted by Gasteiger charge is -2.26. The first-order valence-electron chi connectivity index (χ1n) is 7.35. The predicted molar refractivity (Wildman–Crippen MR) is 90.5 cm³/mol. The van der Waals surface area contributed by atoms with Crippen molar-refractivity contribution in [3.05, 3.63) is 65.2 Å². The number of rotatable bonds is 5. The third kappa shape index (κ3) is 4.18. The molecule has 1 N–H and O–H groups in total. The van der Waals surface area contributed by atoms with Crippen molar-refractivity contribution in [2.45, 2.75) is 44.6 Å². The Hall–Kier alpha value is -1.65. The van der Waals surface area contributed by atoms with Crippen molar-refractivity contribution in [3.8, 4) is 0 Å². The molecule has 22 heavy (non-hydrogen) atoms. The first kappa shape index (κ1) is 16.7. The molecule has 0 spiro atoms. The largest absolute Gasteiger partial charge is 0.241 e. The fraction of sp³-hybridized carbons (Fsp3) is 0.333. The monoisotopic (exact) mass is 317 g/mol. The maximum Gasteiger partial charge on any atom is 0.241 e. The van der Waals surface area contributed by atoms with E-state index in [-0.39, 0.29) is 0 Å². The van der Waals surface area contributed by atoms with Gasteiger partial charge in [-0.1, -0.05) is 42.5 Å². The fourth-order valence-electron chi connectivity index (χ4n) is 2.56. The van der Waals surface area contributed by atoms with E-state index in [1.807, 2.05) is 70.2 Å². The fourth-order valence-corrected chi connectivity index (χ4v) is 4.30. The molecule has 0 aromatic heterocycles. The first-order chi connectivity index (χ1) is 10.2. The highest BCUT2D eigenvalue weighted by molar-refractivity contribution is 7.89. The van der Waals surface area contributed by atoms with Gasteiger partial charge in [-0.2, -0.15) is 0 Å². The molecule has 4 heteroatoms. The quantitative estimate of drug-likeness (QED) is 0.916. The zero-order valence-electron chi connectivity index (χ0n) is 13.6. The predicted octanol–water partition coefficient (Wildman–Crippen LogP) is 3.60. The van der Waals surface area contributed by atoms with Crippen LogP contribution in [0.5, 0.6) is 0 Å². The Balaban J connectivity index is 2.25. The van der Waals surface area contributed by atoms with Gasteiger partial charge in [-0.05, 0) is 56.9 Å². The number of benzene rings is 2. The van der Waals surface area contributed by atoms with Gasteiger partial charge in [-0.15, -0.1) is 0 Å². The van der Waals surface area contributed by atoms with Crippen LogP contribution in [-0.4, -0.2) is 14.0 Å². The van der Waals surface area contributed by atoms with Crippen molar-refractivity contribution in [3.63, 3.8) is 0 Å². The molecule has 0 heterocycles. The van der Waals surface area contributed by atoms with Crippen LogP contribution in [0.25, 0.3) is 0 Å². The minimum Gasteiger partial charge on any atom is -0.207 e. The summed E-state index contributed by atoms with van der Waals surface area (Å²) in [5.41, 5.74) is 2.24. The molecule has 0 unspecified atom stereocenters. The van der Waals surface area contributed by atoms with E-state index in [1.165, 1.54) is 0 Å². The van der Waals surface area contributed by atoms with Crippen LogP contribution in [0.15, 0.2) is 53.4 Å². The van der Waals surface area contributed by atoms with Crippen LogP contribution in [0.1, 0.15) is 30.5 Å². The Bertz CT molecular complexity index is 750. The van der Waals surface area contributed by atoms with Crippen LogP contribution in [0, 0.1) is 13.8 Å². The highest BCUT2D eigenvalue weighted by Gasteiger charge is 2.27. The van der Waals surface area contributed by atoms with Crippen LogP contribution in [-0.2, 0) is 16.4 Å². The average Bonchev–Trinajstić information content (AvgIpc) is 2.40. The van der Waals surface area contributed by atoms with E-state index in [9.17, 15) is 8.42 Å². The molecule has 0 bridgehead atoms. The summed E-state index contributed by atoms with van der Waals surface area (Å²) in [5.74, 6) is 0. The SMILES string of the molecule is Cc1ccc(C)c(S(=O)(=O)NC(C)(C)Cc2ccccc2)c1. The summed E-state index contributed by atoms with van der Waals surface area (Å²) in [7, 11) is -3.54. The van der Waals surface area contributed by atoms with Gasteiger partial charge in [-0.3, -0.25) is 0 Å². The standard InChI is InChI=1S/C18H23NO2S/c1-14-10-11-15(2)17(12-14)22(20,21)19-18(3,4)13-16-8-6-5-7-9-16/h5-12,19H,13H2,1-4H3. The van der Waals surface area contributed by atoms with Crippen LogP contribution >= 0.6 is 0 Å². The molecule has 2 rings (SSSR count). The van der Waals surface area contributed by atoms with E-state index in [4.69, 9.17) is 0 Å². The van der Waals surface area contributed by atoms with Crippen molar-refractivity contribution in [2.24, 2.45) is 0 Å². The molecular formula is C18H23NO2S. The van der Waals surface area contributed by atoms with E-state index < -0.39 is 15.6 Å². The molecule has 0 aliphatic rings. The first-order valence-corrected chi connectivity index (χ1v) is 8.83. The van der Waals surface area contributed by atoms with Crippen molar-refractivity contribution in [1.29, 1.82) is 0 Å². The van der Waals surface area contributed by atoms with Crippen LogP contribution in [0.3, 0.4) is 0 Å². The maximum atomic E-state index is 12.7. The van der Waals surface area contributed by atoms with Gasteiger partial charge in [0.2, 0.25) is 10.0 Å². The van der Waals surface area contributed by atoms with E-state index >= 15 is 0 Å². The second-order valence-corrected chi connectivity index (χ2v) is 8.07. The highest BCUT2D eigenvalue weighted by atomic mass is 32.2. The molecule has 0 atom stereocenters.